The van der Waals surface area contributed by atoms with E-state index in [0.717, 1.165) is 22.7 Å². The van der Waals surface area contributed by atoms with Crippen LogP contribution >= 0.6 is 23.8 Å². The molecule has 0 radical (unpaired) electrons. The van der Waals surface area contributed by atoms with E-state index in [0.29, 0.717) is 5.11 Å². The molecule has 0 bridgehead atoms. The number of rotatable bonds is 3. The first kappa shape index (κ1) is 12.9. The summed E-state index contributed by atoms with van der Waals surface area (Å²) >= 11 is 10.8. The minimum Gasteiger partial charge on any atom is -0.364 e. The van der Waals surface area contributed by atoms with E-state index in [1.54, 1.807) is 7.05 Å². The van der Waals surface area contributed by atoms with Crippen molar-refractivity contribution in [2.45, 2.75) is 13.3 Å². The second kappa shape index (κ2) is 6.45. The van der Waals surface area contributed by atoms with E-state index >= 15 is 0 Å². The average molecular weight is 256 g/mol. The first-order valence-electron chi connectivity index (χ1n) is 4.97. The van der Waals surface area contributed by atoms with Crippen LogP contribution in [0.2, 0.25) is 5.02 Å². The Morgan fingerprint density at radius 2 is 2.00 bits per heavy atom. The molecule has 0 amide bonds. The molecule has 1 rings (SSSR count). The Bertz CT molecular complexity index is 387. The zero-order valence-corrected chi connectivity index (χ0v) is 10.8. The topological polar surface area (TPSA) is 36.4 Å². The molecule has 1 aromatic rings. The molecule has 1 aromatic carbocycles. The Morgan fingerprint density at radius 1 is 1.38 bits per heavy atom. The summed E-state index contributed by atoms with van der Waals surface area (Å²) in [4.78, 5) is 0. The summed E-state index contributed by atoms with van der Waals surface area (Å²) in [6.45, 7) is 2.04. The van der Waals surface area contributed by atoms with Crippen LogP contribution in [0.5, 0.6) is 0 Å². The van der Waals surface area contributed by atoms with Gasteiger partial charge in [0.15, 0.2) is 5.11 Å². The number of hydrogen-bond donors (Lipinski definition) is 2. The highest BCUT2D eigenvalue weighted by atomic mass is 35.5. The molecule has 0 atom stereocenters. The molecule has 0 aromatic heterocycles. The lowest BCUT2D eigenvalue weighted by Gasteiger charge is -2.06. The maximum atomic E-state index is 5.82. The highest BCUT2D eigenvalue weighted by Crippen LogP contribution is 2.11. The fourth-order valence-corrected chi connectivity index (χ4v) is 1.34. The normalized spacial score (nSPS) is 11.1. The van der Waals surface area contributed by atoms with Crippen LogP contribution in [0, 0.1) is 0 Å². The average Bonchev–Trinajstić information content (AvgIpc) is 2.31. The number of hydrazone groups is 1. The summed E-state index contributed by atoms with van der Waals surface area (Å²) < 4.78 is 0. The fourth-order valence-electron chi connectivity index (χ4n) is 1.16. The molecule has 0 spiro atoms. The molecule has 0 unspecified atom stereocenters. The van der Waals surface area contributed by atoms with Crippen molar-refractivity contribution in [3.05, 3.63) is 34.9 Å². The molecule has 0 aliphatic rings. The van der Waals surface area contributed by atoms with Crippen molar-refractivity contribution in [1.82, 2.24) is 10.7 Å². The molecule has 0 aliphatic carbocycles. The molecule has 0 aliphatic heterocycles. The van der Waals surface area contributed by atoms with Gasteiger partial charge in [0.1, 0.15) is 0 Å². The van der Waals surface area contributed by atoms with Crippen LogP contribution in [0.1, 0.15) is 18.9 Å². The van der Waals surface area contributed by atoms with E-state index in [2.05, 4.69) is 15.8 Å². The molecule has 86 valence electrons. The van der Waals surface area contributed by atoms with E-state index in [1.165, 1.54) is 0 Å². The maximum Gasteiger partial charge on any atom is 0.186 e. The molecular formula is C11H14ClN3S. The largest absolute Gasteiger partial charge is 0.364 e. The molecule has 3 nitrogen and oxygen atoms in total. The van der Waals surface area contributed by atoms with Crippen LogP contribution in [-0.4, -0.2) is 17.9 Å². The van der Waals surface area contributed by atoms with Crippen LogP contribution < -0.4 is 10.7 Å². The minimum atomic E-state index is 0.500. The van der Waals surface area contributed by atoms with Gasteiger partial charge in [-0.05, 0) is 36.3 Å². The Hall–Kier alpha value is -1.13. The van der Waals surface area contributed by atoms with E-state index < -0.39 is 0 Å². The van der Waals surface area contributed by atoms with Gasteiger partial charge >= 0.3 is 0 Å². The molecule has 0 fully saturated rings. The number of thiocarbonyl (C=S) groups is 1. The lowest BCUT2D eigenvalue weighted by atomic mass is 10.1. The molecule has 16 heavy (non-hydrogen) atoms. The van der Waals surface area contributed by atoms with E-state index in [1.807, 2.05) is 31.2 Å². The Labute approximate surface area is 106 Å². The van der Waals surface area contributed by atoms with Gasteiger partial charge in [0.2, 0.25) is 0 Å². The van der Waals surface area contributed by atoms with Crippen molar-refractivity contribution in [2.24, 2.45) is 5.10 Å². The highest BCUT2D eigenvalue weighted by molar-refractivity contribution is 7.80. The van der Waals surface area contributed by atoms with Crippen LogP contribution in [0.4, 0.5) is 0 Å². The van der Waals surface area contributed by atoms with Gasteiger partial charge < -0.3 is 5.32 Å². The van der Waals surface area contributed by atoms with Crippen molar-refractivity contribution < 1.29 is 0 Å². The van der Waals surface area contributed by atoms with Crippen molar-refractivity contribution in [2.75, 3.05) is 7.05 Å². The summed E-state index contributed by atoms with van der Waals surface area (Å²) in [5.74, 6) is 0. The smallest absolute Gasteiger partial charge is 0.186 e. The fraction of sp³-hybridized carbons (Fsp3) is 0.273. The summed E-state index contributed by atoms with van der Waals surface area (Å²) in [7, 11) is 1.75. The number of hydrogen-bond acceptors (Lipinski definition) is 2. The predicted octanol–water partition coefficient (Wildman–Crippen LogP) is 2.55. The Balaban J connectivity index is 2.81. The van der Waals surface area contributed by atoms with Crippen molar-refractivity contribution in [3.63, 3.8) is 0 Å². The SMILES string of the molecule is CC/C(=N/NC(=S)NC)c1ccc(Cl)cc1. The standard InChI is InChI=1S/C11H14ClN3S/c1-3-10(14-15-11(16)13-2)8-4-6-9(12)7-5-8/h4-7H,3H2,1-2H3,(H2,13,15,16)/b14-10-. The predicted molar refractivity (Wildman–Crippen MR) is 73.1 cm³/mol. The van der Waals surface area contributed by atoms with Gasteiger partial charge in [-0.2, -0.15) is 5.10 Å². The third kappa shape index (κ3) is 3.79. The van der Waals surface area contributed by atoms with Gasteiger partial charge in [0.25, 0.3) is 0 Å². The maximum absolute atomic E-state index is 5.82. The van der Waals surface area contributed by atoms with Gasteiger partial charge in [-0.3, -0.25) is 5.43 Å². The highest BCUT2D eigenvalue weighted by Gasteiger charge is 2.01. The van der Waals surface area contributed by atoms with Crippen molar-refractivity contribution in [3.8, 4) is 0 Å². The van der Waals surface area contributed by atoms with Crippen molar-refractivity contribution in [1.29, 1.82) is 0 Å². The van der Waals surface area contributed by atoms with Crippen LogP contribution in [0.3, 0.4) is 0 Å². The summed E-state index contributed by atoms with van der Waals surface area (Å²) in [6.07, 6.45) is 0.820. The third-order valence-corrected chi connectivity index (χ3v) is 2.58. The van der Waals surface area contributed by atoms with Crippen LogP contribution in [-0.2, 0) is 0 Å². The summed E-state index contributed by atoms with van der Waals surface area (Å²) in [6, 6.07) is 7.57. The lowest BCUT2D eigenvalue weighted by Crippen LogP contribution is -2.29. The molecule has 2 N–H and O–H groups in total. The first-order chi connectivity index (χ1) is 7.67. The molecule has 0 saturated carbocycles. The minimum absolute atomic E-state index is 0.500. The zero-order chi connectivity index (χ0) is 12.0. The first-order valence-corrected chi connectivity index (χ1v) is 5.76. The number of nitrogens with zero attached hydrogens (tertiary/aromatic N) is 1. The second-order valence-electron chi connectivity index (χ2n) is 3.11. The number of benzene rings is 1. The number of nitrogens with one attached hydrogen (secondary N) is 2. The number of halogens is 1. The van der Waals surface area contributed by atoms with E-state index in [4.69, 9.17) is 23.8 Å². The van der Waals surface area contributed by atoms with Gasteiger partial charge in [-0.25, -0.2) is 0 Å². The van der Waals surface area contributed by atoms with Crippen LogP contribution in [0.15, 0.2) is 29.4 Å². The second-order valence-corrected chi connectivity index (χ2v) is 3.95. The Morgan fingerprint density at radius 3 is 2.50 bits per heavy atom. The van der Waals surface area contributed by atoms with Gasteiger partial charge in [-0.15, -0.1) is 0 Å². The van der Waals surface area contributed by atoms with Gasteiger partial charge in [0.05, 0.1) is 5.71 Å². The molecule has 0 heterocycles. The quantitative estimate of drug-likeness (QED) is 0.495. The molecular weight excluding hydrogens is 242 g/mol. The van der Waals surface area contributed by atoms with Gasteiger partial charge in [-0.1, -0.05) is 30.7 Å². The molecule has 5 heteroatoms. The monoisotopic (exact) mass is 255 g/mol. The summed E-state index contributed by atoms with van der Waals surface area (Å²) in [5.41, 5.74) is 4.75. The van der Waals surface area contributed by atoms with Crippen molar-refractivity contribution >= 4 is 34.6 Å². The molecule has 0 saturated heterocycles. The lowest BCUT2D eigenvalue weighted by molar-refractivity contribution is 0.965. The third-order valence-electron chi connectivity index (χ3n) is 2.03. The van der Waals surface area contributed by atoms with Gasteiger partial charge in [0, 0.05) is 12.1 Å². The Kier molecular flexibility index (Phi) is 5.22. The summed E-state index contributed by atoms with van der Waals surface area (Å²) in [5, 5.41) is 8.25. The van der Waals surface area contributed by atoms with E-state index in [9.17, 15) is 0 Å². The van der Waals surface area contributed by atoms with Crippen LogP contribution in [0.25, 0.3) is 0 Å². The zero-order valence-electron chi connectivity index (χ0n) is 9.25. The van der Waals surface area contributed by atoms with E-state index in [-0.39, 0.29) is 0 Å².